The van der Waals surface area contributed by atoms with Crippen molar-refractivity contribution in [3.05, 3.63) is 12.7 Å². The molecule has 0 fully saturated rings. The van der Waals surface area contributed by atoms with Crippen LogP contribution in [0.1, 0.15) is 46.5 Å². The van der Waals surface area contributed by atoms with Gasteiger partial charge in [-0.25, -0.2) is 4.79 Å². The number of ether oxygens (including phenoxy) is 1. The molecule has 0 aliphatic rings. The smallest absolute Gasteiger partial charge is 0.462 e. The molecule has 0 aromatic carbocycles. The largest absolute Gasteiger partial charge is 0.500 e. The minimum Gasteiger partial charge on any atom is -0.462 e. The molecular formula is C15H30O5Si. The van der Waals surface area contributed by atoms with Crippen molar-refractivity contribution < 1.29 is 22.8 Å². The normalized spacial score (nSPS) is 11.4. The van der Waals surface area contributed by atoms with Crippen LogP contribution >= 0.6 is 0 Å². The van der Waals surface area contributed by atoms with Gasteiger partial charge in [-0.05, 0) is 12.8 Å². The summed E-state index contributed by atoms with van der Waals surface area (Å²) >= 11 is 0. The molecule has 21 heavy (non-hydrogen) atoms. The van der Waals surface area contributed by atoms with Gasteiger partial charge in [0.15, 0.2) is 0 Å². The van der Waals surface area contributed by atoms with E-state index < -0.39 is 14.8 Å². The average Bonchev–Trinajstić information content (AvgIpc) is 2.50. The fourth-order valence-corrected chi connectivity index (χ4v) is 4.46. The zero-order chi connectivity index (χ0) is 16.0. The molecule has 0 amide bonds. The van der Waals surface area contributed by atoms with E-state index in [2.05, 4.69) is 27.4 Å². The van der Waals surface area contributed by atoms with E-state index in [0.717, 1.165) is 31.4 Å². The highest BCUT2D eigenvalue weighted by Gasteiger charge is 2.39. The lowest BCUT2D eigenvalue weighted by molar-refractivity contribution is -0.138. The van der Waals surface area contributed by atoms with E-state index in [1.807, 2.05) is 0 Å². The molecule has 0 saturated carbocycles. The Morgan fingerprint density at radius 3 is 2.00 bits per heavy atom. The lowest BCUT2D eigenvalue weighted by Crippen LogP contribution is -2.46. The van der Waals surface area contributed by atoms with E-state index in [1.165, 1.54) is 0 Å². The summed E-state index contributed by atoms with van der Waals surface area (Å²) in [5.41, 5.74) is 0. The monoisotopic (exact) mass is 318 g/mol. The second-order valence-corrected chi connectivity index (χ2v) is 7.44. The fraction of sp³-hybridized carbons (Fsp3) is 0.800. The molecule has 124 valence electrons. The van der Waals surface area contributed by atoms with E-state index >= 15 is 0 Å². The third-order valence-corrected chi connectivity index (χ3v) is 5.67. The minimum atomic E-state index is -2.58. The van der Waals surface area contributed by atoms with E-state index in [9.17, 15) is 4.79 Å². The Morgan fingerprint density at radius 1 is 0.952 bits per heavy atom. The van der Waals surface area contributed by atoms with E-state index in [0.29, 0.717) is 32.8 Å². The summed E-state index contributed by atoms with van der Waals surface area (Å²) in [6.07, 6.45) is 4.63. The number of carbonyl (C=O) groups is 1. The van der Waals surface area contributed by atoms with Crippen molar-refractivity contribution >= 4 is 14.8 Å². The van der Waals surface area contributed by atoms with Crippen molar-refractivity contribution in [3.63, 3.8) is 0 Å². The molecule has 0 rings (SSSR count). The third-order valence-electron chi connectivity index (χ3n) is 2.63. The Kier molecular flexibility index (Phi) is 12.6. The van der Waals surface area contributed by atoms with Crippen LogP contribution in [0.5, 0.6) is 0 Å². The molecule has 0 saturated heterocycles. The molecule has 0 unspecified atom stereocenters. The summed E-state index contributed by atoms with van der Waals surface area (Å²) in [7, 11) is -2.58. The lowest BCUT2D eigenvalue weighted by Gasteiger charge is -2.29. The Balaban J connectivity index is 4.27. The molecule has 0 heterocycles. The van der Waals surface area contributed by atoms with Crippen LogP contribution in [0.4, 0.5) is 0 Å². The summed E-state index contributed by atoms with van der Waals surface area (Å²) < 4.78 is 22.8. The standard InChI is InChI=1S/C15H30O5Si/c1-5-10-18-21(14-7-3,19-11-6-2)20-13-9-12-17-15(16)8-4/h8H,4-7,9-14H2,1-3H3. The molecule has 0 radical (unpaired) electrons. The summed E-state index contributed by atoms with van der Waals surface area (Å²) in [5, 5.41) is 0. The lowest BCUT2D eigenvalue weighted by atomic mass is 10.5. The molecule has 0 aliphatic carbocycles. The third kappa shape index (κ3) is 9.79. The first kappa shape index (κ1) is 20.3. The van der Waals surface area contributed by atoms with Crippen molar-refractivity contribution in [1.82, 2.24) is 0 Å². The minimum absolute atomic E-state index is 0.322. The highest BCUT2D eigenvalue weighted by atomic mass is 28.4. The van der Waals surface area contributed by atoms with Gasteiger partial charge in [-0.15, -0.1) is 0 Å². The first-order valence-electron chi connectivity index (χ1n) is 7.85. The number of rotatable bonds is 14. The SMILES string of the molecule is C=CC(=O)OCCCO[Si](CCC)(OCCC)OCCC. The van der Waals surface area contributed by atoms with Gasteiger partial charge in [-0.2, -0.15) is 0 Å². The molecular weight excluding hydrogens is 288 g/mol. The Labute approximate surface area is 130 Å². The molecule has 0 atom stereocenters. The first-order valence-corrected chi connectivity index (χ1v) is 9.78. The topological polar surface area (TPSA) is 54.0 Å². The predicted octanol–water partition coefficient (Wildman–Crippen LogP) is 3.32. The zero-order valence-corrected chi connectivity index (χ0v) is 14.7. The van der Waals surface area contributed by atoms with Gasteiger partial charge in [0.1, 0.15) is 0 Å². The van der Waals surface area contributed by atoms with Gasteiger partial charge < -0.3 is 18.0 Å². The van der Waals surface area contributed by atoms with Gasteiger partial charge in [-0.1, -0.05) is 33.8 Å². The van der Waals surface area contributed by atoms with Gasteiger partial charge in [0.25, 0.3) is 0 Å². The maximum absolute atomic E-state index is 10.9. The zero-order valence-electron chi connectivity index (χ0n) is 13.7. The van der Waals surface area contributed by atoms with Crippen LogP contribution in [-0.4, -0.2) is 41.2 Å². The summed E-state index contributed by atoms with van der Waals surface area (Å²) in [5.74, 6) is -0.406. The van der Waals surface area contributed by atoms with Gasteiger partial charge >= 0.3 is 14.8 Å². The van der Waals surface area contributed by atoms with Crippen molar-refractivity contribution in [2.24, 2.45) is 0 Å². The Morgan fingerprint density at radius 2 is 1.52 bits per heavy atom. The first-order chi connectivity index (χ1) is 10.1. The van der Waals surface area contributed by atoms with E-state index in [4.69, 9.17) is 18.0 Å². The summed E-state index contributed by atoms with van der Waals surface area (Å²) in [4.78, 5) is 10.9. The quantitative estimate of drug-likeness (QED) is 0.213. The van der Waals surface area contributed by atoms with Crippen LogP contribution in [0.3, 0.4) is 0 Å². The van der Waals surface area contributed by atoms with Crippen molar-refractivity contribution in [2.75, 3.05) is 26.4 Å². The number of esters is 1. The van der Waals surface area contributed by atoms with Crippen LogP contribution in [-0.2, 0) is 22.8 Å². The van der Waals surface area contributed by atoms with Crippen LogP contribution in [0.15, 0.2) is 12.7 Å². The van der Waals surface area contributed by atoms with Crippen molar-refractivity contribution in [3.8, 4) is 0 Å². The maximum Gasteiger partial charge on any atom is 0.500 e. The van der Waals surface area contributed by atoms with Gasteiger partial charge in [0, 0.05) is 38.4 Å². The Bertz CT molecular complexity index is 275. The highest BCUT2D eigenvalue weighted by molar-refractivity contribution is 6.60. The number of hydrogen-bond acceptors (Lipinski definition) is 5. The van der Waals surface area contributed by atoms with Crippen LogP contribution in [0.2, 0.25) is 6.04 Å². The second-order valence-electron chi connectivity index (χ2n) is 4.70. The van der Waals surface area contributed by atoms with Gasteiger partial charge in [0.2, 0.25) is 0 Å². The number of hydrogen-bond donors (Lipinski definition) is 0. The molecule has 0 spiro atoms. The van der Waals surface area contributed by atoms with E-state index in [-0.39, 0.29) is 0 Å². The molecule has 0 N–H and O–H groups in total. The molecule has 5 nitrogen and oxygen atoms in total. The number of carbonyl (C=O) groups excluding carboxylic acids is 1. The van der Waals surface area contributed by atoms with Crippen LogP contribution < -0.4 is 0 Å². The molecule has 0 bridgehead atoms. The summed E-state index contributed by atoms with van der Waals surface area (Å²) in [6, 6.07) is 0.819. The predicted molar refractivity (Wildman–Crippen MR) is 85.1 cm³/mol. The van der Waals surface area contributed by atoms with Gasteiger partial charge in [-0.3, -0.25) is 0 Å². The maximum atomic E-state index is 10.9. The fourth-order valence-electron chi connectivity index (χ4n) is 1.68. The second kappa shape index (κ2) is 13.0. The summed E-state index contributed by atoms with van der Waals surface area (Å²) in [6.45, 7) is 11.7. The molecule has 6 heteroatoms. The molecule has 0 aromatic rings. The molecule has 0 aliphatic heterocycles. The van der Waals surface area contributed by atoms with E-state index in [1.54, 1.807) is 0 Å². The van der Waals surface area contributed by atoms with Gasteiger partial charge in [0.05, 0.1) is 6.61 Å². The molecule has 0 aromatic heterocycles. The Hall–Kier alpha value is -0.693. The van der Waals surface area contributed by atoms with Crippen LogP contribution in [0, 0.1) is 0 Å². The highest BCUT2D eigenvalue weighted by Crippen LogP contribution is 2.19. The van der Waals surface area contributed by atoms with Crippen molar-refractivity contribution in [1.29, 1.82) is 0 Å². The van der Waals surface area contributed by atoms with Crippen molar-refractivity contribution in [2.45, 2.75) is 52.5 Å². The average molecular weight is 318 g/mol. The van der Waals surface area contributed by atoms with Crippen LogP contribution in [0.25, 0.3) is 0 Å².